The van der Waals surface area contributed by atoms with Crippen molar-refractivity contribution < 1.29 is 28.6 Å². The number of nitrogens with one attached hydrogen (secondary N) is 2. The molecule has 1 atom stereocenters. The quantitative estimate of drug-likeness (QED) is 0.395. The number of furan rings is 1. The highest BCUT2D eigenvalue weighted by Gasteiger charge is 2.29. The van der Waals surface area contributed by atoms with Gasteiger partial charge in [0.1, 0.15) is 6.61 Å². The van der Waals surface area contributed by atoms with Crippen LogP contribution in [0.1, 0.15) is 47.9 Å². The van der Waals surface area contributed by atoms with Gasteiger partial charge in [-0.2, -0.15) is 0 Å². The molecular weight excluding hydrogens is 448 g/mol. The third-order valence-electron chi connectivity index (χ3n) is 6.36. The summed E-state index contributed by atoms with van der Waals surface area (Å²) in [5, 5.41) is 14.3. The highest BCUT2D eigenvalue weighted by Crippen LogP contribution is 2.44. The molecule has 1 aliphatic carbocycles. The first-order chi connectivity index (χ1) is 16.8. The molecular formula is C27H28N2O6. The van der Waals surface area contributed by atoms with Crippen LogP contribution in [-0.4, -0.2) is 36.2 Å². The van der Waals surface area contributed by atoms with Crippen LogP contribution in [0.25, 0.3) is 11.1 Å². The maximum absolute atomic E-state index is 12.6. The summed E-state index contributed by atoms with van der Waals surface area (Å²) in [4.78, 5) is 36.3. The van der Waals surface area contributed by atoms with Crippen molar-refractivity contribution in [1.29, 1.82) is 0 Å². The summed E-state index contributed by atoms with van der Waals surface area (Å²) in [5.74, 6) is -1.78. The summed E-state index contributed by atoms with van der Waals surface area (Å²) in [6.07, 6.45) is 0.541. The number of benzene rings is 2. The second-order valence-electron chi connectivity index (χ2n) is 8.93. The molecule has 182 valence electrons. The summed E-state index contributed by atoms with van der Waals surface area (Å²) in [7, 11) is 0. The van der Waals surface area contributed by atoms with Gasteiger partial charge in [-0.25, -0.2) is 4.79 Å². The molecule has 2 aromatic carbocycles. The Kier molecular flexibility index (Phi) is 7.19. The molecule has 0 aliphatic heterocycles. The number of rotatable bonds is 9. The molecule has 0 fully saturated rings. The van der Waals surface area contributed by atoms with Crippen LogP contribution in [0.5, 0.6) is 0 Å². The van der Waals surface area contributed by atoms with Gasteiger partial charge in [-0.3, -0.25) is 14.9 Å². The summed E-state index contributed by atoms with van der Waals surface area (Å²) in [6.45, 7) is 4.12. The Morgan fingerprint density at radius 2 is 1.63 bits per heavy atom. The van der Waals surface area contributed by atoms with Crippen molar-refractivity contribution in [1.82, 2.24) is 5.32 Å². The molecule has 3 aromatic rings. The second-order valence-corrected chi connectivity index (χ2v) is 8.93. The Morgan fingerprint density at radius 1 is 1.00 bits per heavy atom. The Labute approximate surface area is 203 Å². The molecule has 1 heterocycles. The van der Waals surface area contributed by atoms with Crippen molar-refractivity contribution >= 4 is 23.7 Å². The topological polar surface area (TPSA) is 118 Å². The first-order valence-corrected chi connectivity index (χ1v) is 11.5. The number of hydrogen-bond donors (Lipinski definition) is 3. The number of anilines is 1. The molecule has 8 heteroatoms. The number of hydrogen-bond acceptors (Lipinski definition) is 5. The van der Waals surface area contributed by atoms with E-state index in [-0.39, 0.29) is 48.8 Å². The zero-order valence-electron chi connectivity index (χ0n) is 19.6. The highest BCUT2D eigenvalue weighted by atomic mass is 16.5. The van der Waals surface area contributed by atoms with Crippen molar-refractivity contribution in [3.8, 4) is 11.1 Å². The van der Waals surface area contributed by atoms with Crippen LogP contribution < -0.4 is 10.6 Å². The molecule has 8 nitrogen and oxygen atoms in total. The third kappa shape index (κ3) is 5.37. The molecule has 4 rings (SSSR count). The van der Waals surface area contributed by atoms with Crippen molar-refractivity contribution in [3.05, 3.63) is 77.7 Å². The molecule has 0 spiro atoms. The number of fused-ring (bicyclic) bond motifs is 3. The van der Waals surface area contributed by atoms with E-state index in [1.54, 1.807) is 0 Å². The van der Waals surface area contributed by atoms with Gasteiger partial charge in [0.05, 0.1) is 18.4 Å². The lowest BCUT2D eigenvalue weighted by Crippen LogP contribution is -2.33. The minimum Gasteiger partial charge on any atom is -0.481 e. The fraction of sp³-hybridized carbons (Fsp3) is 0.296. The Hall–Kier alpha value is -4.07. The third-order valence-corrected chi connectivity index (χ3v) is 6.36. The predicted octanol–water partition coefficient (Wildman–Crippen LogP) is 5.12. The van der Waals surface area contributed by atoms with Crippen LogP contribution in [0.2, 0.25) is 0 Å². The van der Waals surface area contributed by atoms with E-state index in [2.05, 4.69) is 22.8 Å². The highest BCUT2D eigenvalue weighted by molar-refractivity contribution is 6.00. The lowest BCUT2D eigenvalue weighted by atomic mass is 9.92. The number of amides is 2. The lowest BCUT2D eigenvalue weighted by Gasteiger charge is -2.19. The molecule has 1 aromatic heterocycles. The van der Waals surface area contributed by atoms with E-state index >= 15 is 0 Å². The van der Waals surface area contributed by atoms with Crippen molar-refractivity contribution in [2.75, 3.05) is 18.5 Å². The normalized spacial score (nSPS) is 13.1. The fourth-order valence-corrected chi connectivity index (χ4v) is 4.40. The van der Waals surface area contributed by atoms with Crippen molar-refractivity contribution in [3.63, 3.8) is 0 Å². The number of aliphatic carboxylic acids is 1. The van der Waals surface area contributed by atoms with Crippen molar-refractivity contribution in [2.24, 2.45) is 11.8 Å². The van der Waals surface area contributed by atoms with Gasteiger partial charge >= 0.3 is 12.1 Å². The van der Waals surface area contributed by atoms with Gasteiger partial charge in [0.15, 0.2) is 0 Å². The monoisotopic (exact) mass is 476 g/mol. The smallest absolute Gasteiger partial charge is 0.411 e. The molecule has 1 aliphatic rings. The van der Waals surface area contributed by atoms with E-state index in [0.29, 0.717) is 0 Å². The van der Waals surface area contributed by atoms with Gasteiger partial charge in [-0.05, 0) is 34.1 Å². The van der Waals surface area contributed by atoms with Gasteiger partial charge in [0, 0.05) is 18.5 Å². The summed E-state index contributed by atoms with van der Waals surface area (Å²) < 4.78 is 10.8. The first-order valence-electron chi connectivity index (χ1n) is 11.5. The molecule has 1 unspecified atom stereocenters. The number of carbonyl (C=O) groups is 3. The largest absolute Gasteiger partial charge is 0.481 e. The van der Waals surface area contributed by atoms with Crippen LogP contribution in [0.3, 0.4) is 0 Å². The fourth-order valence-electron chi connectivity index (χ4n) is 4.40. The zero-order valence-corrected chi connectivity index (χ0v) is 19.6. The maximum Gasteiger partial charge on any atom is 0.411 e. The Morgan fingerprint density at radius 3 is 2.23 bits per heavy atom. The Bertz CT molecular complexity index is 1190. The van der Waals surface area contributed by atoms with Gasteiger partial charge in [-0.1, -0.05) is 62.4 Å². The number of ether oxygens (including phenoxy) is 1. The van der Waals surface area contributed by atoms with E-state index in [0.717, 1.165) is 22.3 Å². The van der Waals surface area contributed by atoms with Crippen LogP contribution >= 0.6 is 0 Å². The standard InChI is InChI=1S/C27H28N2O6/c1-16(2)17(13-24(30)31)14-28-26(32)25-23(11-12-34-25)29-27(33)35-15-22-20-9-5-3-7-18(20)19-8-4-6-10-21(19)22/h3-12,16-17,22H,13-15H2,1-2H3,(H,28,32)(H,29,33)(H,30,31). The molecule has 0 saturated carbocycles. The van der Waals surface area contributed by atoms with E-state index in [4.69, 9.17) is 14.3 Å². The summed E-state index contributed by atoms with van der Waals surface area (Å²) >= 11 is 0. The van der Waals surface area contributed by atoms with E-state index in [1.165, 1.54) is 12.3 Å². The van der Waals surface area contributed by atoms with Gasteiger partial charge in [0.25, 0.3) is 5.91 Å². The van der Waals surface area contributed by atoms with E-state index < -0.39 is 18.0 Å². The van der Waals surface area contributed by atoms with Crippen LogP contribution in [0, 0.1) is 11.8 Å². The number of carboxylic acid groups (broad SMARTS) is 1. The average Bonchev–Trinajstić information content (AvgIpc) is 3.42. The van der Waals surface area contributed by atoms with Crippen molar-refractivity contribution in [2.45, 2.75) is 26.2 Å². The lowest BCUT2D eigenvalue weighted by molar-refractivity contribution is -0.138. The van der Waals surface area contributed by atoms with Crippen LogP contribution in [0.4, 0.5) is 10.5 Å². The average molecular weight is 477 g/mol. The second kappa shape index (κ2) is 10.5. The number of carboxylic acids is 1. The van der Waals surface area contributed by atoms with Crippen LogP contribution in [-0.2, 0) is 9.53 Å². The van der Waals surface area contributed by atoms with Gasteiger partial charge < -0.3 is 19.6 Å². The maximum atomic E-state index is 12.6. The number of carbonyl (C=O) groups excluding carboxylic acids is 2. The predicted molar refractivity (Wildman–Crippen MR) is 130 cm³/mol. The van der Waals surface area contributed by atoms with Gasteiger partial charge in [0.2, 0.25) is 5.76 Å². The molecule has 2 amide bonds. The van der Waals surface area contributed by atoms with Gasteiger partial charge in [-0.15, -0.1) is 0 Å². The molecule has 35 heavy (non-hydrogen) atoms. The zero-order chi connectivity index (χ0) is 24.9. The first kappa shape index (κ1) is 24.1. The molecule has 3 N–H and O–H groups in total. The van der Waals surface area contributed by atoms with E-state index in [1.807, 2.05) is 50.2 Å². The van der Waals surface area contributed by atoms with E-state index in [9.17, 15) is 14.4 Å². The van der Waals surface area contributed by atoms with Crippen LogP contribution in [0.15, 0.2) is 65.3 Å². The minimum absolute atomic E-state index is 0.0546. The summed E-state index contributed by atoms with van der Waals surface area (Å²) in [6, 6.07) is 17.6. The molecule has 0 bridgehead atoms. The minimum atomic E-state index is -0.923. The SMILES string of the molecule is CC(C)C(CNC(=O)c1occc1NC(=O)OCC1c2ccccc2-c2ccccc21)CC(=O)O. The summed E-state index contributed by atoms with van der Waals surface area (Å²) in [5.41, 5.74) is 4.65. The molecule has 0 radical (unpaired) electrons. The molecule has 0 saturated heterocycles. The Balaban J connectivity index is 1.37.